The normalized spacial score (nSPS) is 10.3. The van der Waals surface area contributed by atoms with E-state index in [9.17, 15) is 10.1 Å². The predicted octanol–water partition coefficient (Wildman–Crippen LogP) is 1.86. The molecule has 1 aromatic carbocycles. The zero-order chi connectivity index (χ0) is 18.4. The minimum absolute atomic E-state index is 0.247. The molecule has 0 unspecified atom stereocenters. The van der Waals surface area contributed by atoms with Crippen molar-refractivity contribution in [3.05, 3.63) is 59.7 Å². The fourth-order valence-electron chi connectivity index (χ4n) is 2.58. The van der Waals surface area contributed by atoms with Crippen LogP contribution in [0.4, 0.5) is 5.82 Å². The van der Waals surface area contributed by atoms with E-state index in [1.54, 1.807) is 0 Å². The minimum Gasteiger partial charge on any atom is -0.350 e. The van der Waals surface area contributed by atoms with Gasteiger partial charge in [0.25, 0.3) is 11.7 Å². The Balaban J connectivity index is 1.55. The first-order valence-electron chi connectivity index (χ1n) is 8.32. The van der Waals surface area contributed by atoms with Crippen LogP contribution in [0.2, 0.25) is 0 Å². The number of hydrogen-bond donors (Lipinski definition) is 2. The number of H-pyrrole nitrogens is 1. The van der Waals surface area contributed by atoms with Crippen molar-refractivity contribution in [1.29, 1.82) is 5.26 Å². The molecule has 0 spiro atoms. The van der Waals surface area contributed by atoms with Gasteiger partial charge < -0.3 is 5.32 Å². The maximum absolute atomic E-state index is 11.9. The highest BCUT2D eigenvalue weighted by molar-refractivity contribution is 5.91. The van der Waals surface area contributed by atoms with Crippen molar-refractivity contribution in [1.82, 2.24) is 15.3 Å². The molecule has 0 atom stereocenters. The molecule has 0 aliphatic rings. The number of nitriles is 1. The summed E-state index contributed by atoms with van der Waals surface area (Å²) >= 11 is 0. The summed E-state index contributed by atoms with van der Waals surface area (Å²) in [5, 5.41) is 16.4. The summed E-state index contributed by atoms with van der Waals surface area (Å²) in [6, 6.07) is 10.1. The van der Waals surface area contributed by atoms with Crippen LogP contribution in [0.1, 0.15) is 28.0 Å². The number of aromatic amines is 1. The molecule has 130 valence electrons. The molecular formula is C19H19N6O+. The average Bonchev–Trinajstić information content (AvgIpc) is 2.67. The number of nitrogens with zero attached hydrogens (tertiary/aromatic N) is 3. The molecule has 0 aliphatic carbocycles. The van der Waals surface area contributed by atoms with Gasteiger partial charge in [-0.1, -0.05) is 11.6 Å². The highest BCUT2D eigenvalue weighted by Crippen LogP contribution is 2.17. The third-order valence-electron chi connectivity index (χ3n) is 3.89. The van der Waals surface area contributed by atoms with Crippen molar-refractivity contribution in [2.24, 2.45) is 0 Å². The molecule has 3 rings (SSSR count). The SMILES string of the molecule is Cc1ccc2[nH+]c(NCCCNC(=O)c3cnccn3)c(C#N)cc2c1. The monoisotopic (exact) mass is 347 g/mol. The number of pyridine rings is 1. The number of anilines is 1. The van der Waals surface area contributed by atoms with E-state index in [-0.39, 0.29) is 5.91 Å². The van der Waals surface area contributed by atoms with Gasteiger partial charge in [-0.3, -0.25) is 15.1 Å². The zero-order valence-electron chi connectivity index (χ0n) is 14.4. The molecular weight excluding hydrogens is 328 g/mol. The fraction of sp³-hybridized carbons (Fsp3) is 0.211. The number of rotatable bonds is 6. The number of nitrogens with one attached hydrogen (secondary N) is 3. The Morgan fingerprint density at radius 2 is 2.15 bits per heavy atom. The number of benzene rings is 1. The van der Waals surface area contributed by atoms with E-state index in [2.05, 4.69) is 31.7 Å². The van der Waals surface area contributed by atoms with Crippen molar-refractivity contribution in [3.8, 4) is 6.07 Å². The molecule has 3 N–H and O–H groups in total. The quantitative estimate of drug-likeness (QED) is 0.662. The summed E-state index contributed by atoms with van der Waals surface area (Å²) < 4.78 is 0. The van der Waals surface area contributed by atoms with E-state index in [0.29, 0.717) is 36.6 Å². The Hall–Kier alpha value is -3.53. The molecule has 26 heavy (non-hydrogen) atoms. The smallest absolute Gasteiger partial charge is 0.290 e. The highest BCUT2D eigenvalue weighted by Gasteiger charge is 2.12. The third kappa shape index (κ3) is 4.11. The van der Waals surface area contributed by atoms with Crippen LogP contribution >= 0.6 is 0 Å². The summed E-state index contributed by atoms with van der Waals surface area (Å²) in [7, 11) is 0. The van der Waals surface area contributed by atoms with E-state index >= 15 is 0 Å². The number of aryl methyl sites for hydroxylation is 1. The Labute approximate surface area is 151 Å². The first kappa shape index (κ1) is 17.3. The molecule has 1 amide bonds. The first-order valence-corrected chi connectivity index (χ1v) is 8.32. The van der Waals surface area contributed by atoms with E-state index < -0.39 is 0 Å². The van der Waals surface area contributed by atoms with Gasteiger partial charge in [-0.2, -0.15) is 5.26 Å². The summed E-state index contributed by atoms with van der Waals surface area (Å²) in [6.45, 7) is 3.13. The lowest BCUT2D eigenvalue weighted by Gasteiger charge is -2.05. The van der Waals surface area contributed by atoms with Crippen molar-refractivity contribution < 1.29 is 9.78 Å². The molecule has 7 nitrogen and oxygen atoms in total. The fourth-order valence-corrected chi connectivity index (χ4v) is 2.58. The number of aromatic nitrogens is 3. The van der Waals surface area contributed by atoms with Crippen LogP contribution in [0.25, 0.3) is 10.9 Å². The van der Waals surface area contributed by atoms with Crippen LogP contribution in [-0.2, 0) is 0 Å². The third-order valence-corrected chi connectivity index (χ3v) is 3.89. The van der Waals surface area contributed by atoms with E-state index in [4.69, 9.17) is 0 Å². The number of fused-ring (bicyclic) bond motifs is 1. The molecule has 2 aromatic heterocycles. The minimum atomic E-state index is -0.247. The second-order valence-electron chi connectivity index (χ2n) is 5.89. The van der Waals surface area contributed by atoms with Crippen molar-refractivity contribution in [3.63, 3.8) is 0 Å². The molecule has 3 aromatic rings. The van der Waals surface area contributed by atoms with Gasteiger partial charge in [0.2, 0.25) is 0 Å². The number of carbonyl (C=O) groups excluding carboxylic acids is 1. The standard InChI is InChI=1S/C19H18N6O/c1-13-3-4-16-14(9-13)10-15(11-20)18(25-16)23-5-2-6-24-19(26)17-12-21-7-8-22-17/h3-4,7-10,12H,2,5-6H2,1H3,(H,23,25)(H,24,26)/p+1. The maximum atomic E-state index is 11.9. The van der Waals surface area contributed by atoms with Crippen LogP contribution in [0.5, 0.6) is 0 Å². The van der Waals surface area contributed by atoms with Gasteiger partial charge in [0.1, 0.15) is 22.8 Å². The molecule has 0 bridgehead atoms. The lowest BCUT2D eigenvalue weighted by atomic mass is 10.1. The van der Waals surface area contributed by atoms with Gasteiger partial charge in [0.05, 0.1) is 12.7 Å². The molecule has 0 aliphatic heterocycles. The topological polar surface area (TPSA) is 105 Å². The Morgan fingerprint density at radius 3 is 2.92 bits per heavy atom. The van der Waals surface area contributed by atoms with Crippen LogP contribution in [0.3, 0.4) is 0 Å². The lowest BCUT2D eigenvalue weighted by molar-refractivity contribution is -0.327. The van der Waals surface area contributed by atoms with Crippen LogP contribution in [-0.4, -0.2) is 29.0 Å². The van der Waals surface area contributed by atoms with Gasteiger partial charge in [-0.05, 0) is 25.1 Å². The summed E-state index contributed by atoms with van der Waals surface area (Å²) in [5.74, 6) is 0.438. The summed E-state index contributed by atoms with van der Waals surface area (Å²) in [6.07, 6.45) is 5.14. The van der Waals surface area contributed by atoms with Gasteiger partial charge >= 0.3 is 0 Å². The average molecular weight is 347 g/mol. The zero-order valence-corrected chi connectivity index (χ0v) is 14.4. The molecule has 0 radical (unpaired) electrons. The maximum Gasteiger partial charge on any atom is 0.290 e. The van der Waals surface area contributed by atoms with Gasteiger partial charge in [0.15, 0.2) is 0 Å². The Bertz CT molecular complexity index is 965. The lowest BCUT2D eigenvalue weighted by Crippen LogP contribution is -2.27. The van der Waals surface area contributed by atoms with Crippen LogP contribution in [0, 0.1) is 18.3 Å². The highest BCUT2D eigenvalue weighted by atomic mass is 16.1. The molecule has 0 saturated heterocycles. The number of hydrogen-bond acceptors (Lipinski definition) is 5. The van der Waals surface area contributed by atoms with Crippen LogP contribution in [0.15, 0.2) is 42.9 Å². The second-order valence-corrected chi connectivity index (χ2v) is 5.89. The van der Waals surface area contributed by atoms with Crippen molar-refractivity contribution >= 4 is 22.6 Å². The largest absolute Gasteiger partial charge is 0.350 e. The summed E-state index contributed by atoms with van der Waals surface area (Å²) in [5.41, 5.74) is 2.97. The molecule has 7 heteroatoms. The van der Waals surface area contributed by atoms with Gasteiger partial charge in [-0.15, -0.1) is 0 Å². The van der Waals surface area contributed by atoms with Crippen LogP contribution < -0.4 is 15.6 Å². The van der Waals surface area contributed by atoms with E-state index in [0.717, 1.165) is 16.5 Å². The summed E-state index contributed by atoms with van der Waals surface area (Å²) in [4.78, 5) is 22.9. The van der Waals surface area contributed by atoms with E-state index in [1.807, 2.05) is 31.2 Å². The number of amides is 1. The van der Waals surface area contributed by atoms with Crippen molar-refractivity contribution in [2.75, 3.05) is 18.4 Å². The second kappa shape index (κ2) is 8.03. The molecule has 0 saturated carbocycles. The molecule has 2 heterocycles. The van der Waals surface area contributed by atoms with Gasteiger partial charge in [0, 0.05) is 30.7 Å². The van der Waals surface area contributed by atoms with E-state index in [1.165, 1.54) is 18.6 Å². The van der Waals surface area contributed by atoms with Gasteiger partial charge in [-0.25, -0.2) is 9.97 Å². The predicted molar refractivity (Wildman–Crippen MR) is 97.4 cm³/mol. The Morgan fingerprint density at radius 1 is 1.27 bits per heavy atom. The number of carbonyl (C=O) groups is 1. The molecule has 0 fully saturated rings. The Kier molecular flexibility index (Phi) is 5.34. The van der Waals surface area contributed by atoms with Crippen molar-refractivity contribution in [2.45, 2.75) is 13.3 Å². The first-order chi connectivity index (χ1) is 12.7.